The molecule has 2 rings (SSSR count). The third-order valence-electron chi connectivity index (χ3n) is 4.15. The van der Waals surface area contributed by atoms with E-state index in [1.165, 1.54) is 23.1 Å². The summed E-state index contributed by atoms with van der Waals surface area (Å²) in [6.07, 6.45) is 1.01. The summed E-state index contributed by atoms with van der Waals surface area (Å²) in [5, 5.41) is 16.1. The van der Waals surface area contributed by atoms with Crippen molar-refractivity contribution < 1.29 is 24.1 Å². The zero-order chi connectivity index (χ0) is 18.8. The Bertz CT molecular complexity index is 631. The maximum Gasteiger partial charge on any atom is 0.271 e. The van der Waals surface area contributed by atoms with Crippen LogP contribution in [0.4, 0.5) is 11.4 Å². The molecule has 0 unspecified atom stereocenters. The van der Waals surface area contributed by atoms with Crippen LogP contribution in [0.2, 0.25) is 0 Å². The van der Waals surface area contributed by atoms with E-state index in [0.29, 0.717) is 12.2 Å². The number of nitrogens with one attached hydrogen (secondary N) is 3. The standard InChI is InChI=1S/C17H24N4O5/c22-16(18-7-2-8-20-9-11-26-12-10-20)5-6-17(23)19-14-3-1-4-15(13-14)21(24)25/h1,3-4,13H,2,5-12H2,(H,18,22)(H,19,23)/p+1. The number of anilines is 1. The van der Waals surface area contributed by atoms with Crippen molar-refractivity contribution in [3.05, 3.63) is 34.4 Å². The molecule has 0 bridgehead atoms. The highest BCUT2D eigenvalue weighted by molar-refractivity contribution is 5.93. The zero-order valence-electron chi connectivity index (χ0n) is 14.7. The van der Waals surface area contributed by atoms with E-state index in [0.717, 1.165) is 39.3 Å². The first-order valence-corrected chi connectivity index (χ1v) is 8.77. The summed E-state index contributed by atoms with van der Waals surface area (Å²) in [5.74, 6) is -0.519. The van der Waals surface area contributed by atoms with Gasteiger partial charge in [0.25, 0.3) is 5.69 Å². The van der Waals surface area contributed by atoms with Gasteiger partial charge in [-0.15, -0.1) is 0 Å². The van der Waals surface area contributed by atoms with Gasteiger partial charge in [0.15, 0.2) is 0 Å². The monoisotopic (exact) mass is 365 g/mol. The predicted molar refractivity (Wildman–Crippen MR) is 95.0 cm³/mol. The second kappa shape index (κ2) is 10.5. The molecule has 0 aromatic heterocycles. The van der Waals surface area contributed by atoms with Crippen molar-refractivity contribution in [3.8, 4) is 0 Å². The van der Waals surface area contributed by atoms with Crippen molar-refractivity contribution >= 4 is 23.2 Å². The highest BCUT2D eigenvalue weighted by atomic mass is 16.6. The van der Waals surface area contributed by atoms with Crippen LogP contribution in [0.15, 0.2) is 24.3 Å². The molecule has 0 atom stereocenters. The van der Waals surface area contributed by atoms with Crippen LogP contribution in [-0.4, -0.2) is 56.1 Å². The van der Waals surface area contributed by atoms with E-state index in [9.17, 15) is 19.7 Å². The highest BCUT2D eigenvalue weighted by Gasteiger charge is 2.13. The fraction of sp³-hybridized carbons (Fsp3) is 0.529. The Kier molecular flexibility index (Phi) is 7.97. The number of hydrogen-bond acceptors (Lipinski definition) is 5. The van der Waals surface area contributed by atoms with Gasteiger partial charge in [-0.25, -0.2) is 0 Å². The summed E-state index contributed by atoms with van der Waals surface area (Å²) >= 11 is 0. The molecule has 142 valence electrons. The van der Waals surface area contributed by atoms with Gasteiger partial charge in [-0.1, -0.05) is 6.07 Å². The first-order valence-electron chi connectivity index (χ1n) is 8.77. The molecule has 0 saturated carbocycles. The molecule has 9 nitrogen and oxygen atoms in total. The number of quaternary nitrogens is 1. The summed E-state index contributed by atoms with van der Waals surface area (Å²) < 4.78 is 5.30. The third kappa shape index (κ3) is 7.16. The number of nitro benzene ring substituents is 1. The van der Waals surface area contributed by atoms with Crippen LogP contribution in [0.1, 0.15) is 19.3 Å². The predicted octanol–water partition coefficient (Wildman–Crippen LogP) is -0.265. The fourth-order valence-corrected chi connectivity index (χ4v) is 2.71. The third-order valence-corrected chi connectivity index (χ3v) is 4.15. The first kappa shape index (κ1) is 19.8. The van der Waals surface area contributed by atoms with Gasteiger partial charge >= 0.3 is 0 Å². The van der Waals surface area contributed by atoms with Crippen molar-refractivity contribution in [2.24, 2.45) is 0 Å². The van der Waals surface area contributed by atoms with Gasteiger partial charge in [0, 0.05) is 43.6 Å². The molecule has 1 heterocycles. The Labute approximate surface area is 151 Å². The highest BCUT2D eigenvalue weighted by Crippen LogP contribution is 2.17. The lowest BCUT2D eigenvalue weighted by Gasteiger charge is -2.23. The molecule has 0 aliphatic carbocycles. The number of rotatable bonds is 9. The van der Waals surface area contributed by atoms with Crippen molar-refractivity contribution in [1.82, 2.24) is 5.32 Å². The van der Waals surface area contributed by atoms with Gasteiger partial charge in [-0.3, -0.25) is 19.7 Å². The van der Waals surface area contributed by atoms with Crippen molar-refractivity contribution in [3.63, 3.8) is 0 Å². The lowest BCUT2D eigenvalue weighted by atomic mass is 10.2. The maximum absolute atomic E-state index is 11.9. The summed E-state index contributed by atoms with van der Waals surface area (Å²) in [5.41, 5.74) is 0.251. The van der Waals surface area contributed by atoms with Crippen LogP contribution >= 0.6 is 0 Å². The maximum atomic E-state index is 11.9. The van der Waals surface area contributed by atoms with Gasteiger partial charge in [-0.2, -0.15) is 0 Å². The van der Waals surface area contributed by atoms with Gasteiger partial charge in [0.1, 0.15) is 13.1 Å². The SMILES string of the molecule is O=C(CCC(=O)Nc1cccc([N+](=O)[O-])c1)NCCC[NH+]1CCOCC1. The second-order valence-electron chi connectivity index (χ2n) is 6.17. The fourth-order valence-electron chi connectivity index (χ4n) is 2.71. The summed E-state index contributed by atoms with van der Waals surface area (Å²) in [6.45, 7) is 5.19. The van der Waals surface area contributed by atoms with Crippen LogP contribution in [0.5, 0.6) is 0 Å². The van der Waals surface area contributed by atoms with Gasteiger partial charge in [0.2, 0.25) is 11.8 Å². The number of nitro groups is 1. The van der Waals surface area contributed by atoms with Crippen LogP contribution < -0.4 is 15.5 Å². The van der Waals surface area contributed by atoms with Crippen LogP contribution in [-0.2, 0) is 14.3 Å². The molecule has 3 N–H and O–H groups in total. The van der Waals surface area contributed by atoms with Crippen molar-refractivity contribution in [2.75, 3.05) is 44.7 Å². The molecule has 1 fully saturated rings. The zero-order valence-corrected chi connectivity index (χ0v) is 14.7. The topological polar surface area (TPSA) is 115 Å². The number of carbonyl (C=O) groups excluding carboxylic acids is 2. The molecule has 1 aromatic carbocycles. The van der Waals surface area contributed by atoms with Gasteiger partial charge < -0.3 is 20.3 Å². The quantitative estimate of drug-likeness (QED) is 0.317. The van der Waals surface area contributed by atoms with Crippen molar-refractivity contribution in [2.45, 2.75) is 19.3 Å². The lowest BCUT2D eigenvalue weighted by molar-refractivity contribution is -0.908. The van der Waals surface area contributed by atoms with E-state index in [-0.39, 0.29) is 30.3 Å². The first-order chi connectivity index (χ1) is 12.5. The average molecular weight is 365 g/mol. The van der Waals surface area contributed by atoms with E-state index in [2.05, 4.69) is 10.6 Å². The number of morpholine rings is 1. The van der Waals surface area contributed by atoms with E-state index in [4.69, 9.17) is 4.74 Å². The Hall–Kier alpha value is -2.52. The number of benzene rings is 1. The van der Waals surface area contributed by atoms with Crippen LogP contribution in [0.3, 0.4) is 0 Å². The minimum atomic E-state index is -0.526. The van der Waals surface area contributed by atoms with E-state index in [1.54, 1.807) is 6.07 Å². The van der Waals surface area contributed by atoms with Crippen molar-refractivity contribution in [1.29, 1.82) is 0 Å². The normalized spacial score (nSPS) is 14.6. The number of amides is 2. The minimum absolute atomic E-state index is 0.0310. The molecule has 9 heteroatoms. The molecule has 26 heavy (non-hydrogen) atoms. The van der Waals surface area contributed by atoms with E-state index < -0.39 is 4.92 Å². The Balaban J connectivity index is 1.60. The second-order valence-corrected chi connectivity index (χ2v) is 6.17. The largest absolute Gasteiger partial charge is 0.370 e. The van der Waals surface area contributed by atoms with Crippen LogP contribution in [0, 0.1) is 10.1 Å². The molecular formula is C17H25N4O5+. The number of carbonyl (C=O) groups is 2. The Morgan fingerprint density at radius 1 is 1.19 bits per heavy atom. The van der Waals surface area contributed by atoms with E-state index >= 15 is 0 Å². The minimum Gasteiger partial charge on any atom is -0.370 e. The molecule has 1 saturated heterocycles. The molecule has 2 amide bonds. The molecule has 1 aliphatic rings. The summed E-state index contributed by atoms with van der Waals surface area (Å²) in [4.78, 5) is 35.3. The molecular weight excluding hydrogens is 340 g/mol. The average Bonchev–Trinajstić information content (AvgIpc) is 2.64. The Morgan fingerprint density at radius 2 is 1.92 bits per heavy atom. The lowest BCUT2D eigenvalue weighted by Crippen LogP contribution is -3.14. The summed E-state index contributed by atoms with van der Waals surface area (Å²) in [6, 6.07) is 5.70. The molecule has 0 radical (unpaired) electrons. The Morgan fingerprint density at radius 3 is 2.65 bits per heavy atom. The number of hydrogen-bond donors (Lipinski definition) is 3. The number of ether oxygens (including phenoxy) is 1. The molecule has 1 aromatic rings. The van der Waals surface area contributed by atoms with Gasteiger partial charge in [0.05, 0.1) is 24.7 Å². The number of nitrogens with zero attached hydrogens (tertiary/aromatic N) is 1. The molecule has 0 spiro atoms. The molecule has 1 aliphatic heterocycles. The van der Waals surface area contributed by atoms with E-state index in [1.807, 2.05) is 0 Å². The number of non-ortho nitro benzene ring substituents is 1. The van der Waals surface area contributed by atoms with Gasteiger partial charge in [-0.05, 0) is 6.07 Å². The summed E-state index contributed by atoms with van der Waals surface area (Å²) in [7, 11) is 0. The smallest absolute Gasteiger partial charge is 0.271 e. The van der Waals surface area contributed by atoms with Crippen LogP contribution in [0.25, 0.3) is 0 Å².